The first-order chi connectivity index (χ1) is 6.15. The molecule has 0 saturated heterocycles. The lowest BCUT2D eigenvalue weighted by atomic mass is 10.2. The van der Waals surface area contributed by atoms with E-state index in [1.54, 1.807) is 19.2 Å². The Morgan fingerprint density at radius 2 is 2.08 bits per heavy atom. The topological polar surface area (TPSA) is 82.0 Å². The highest BCUT2D eigenvalue weighted by Crippen LogP contribution is 2.33. The van der Waals surface area contributed by atoms with E-state index in [1.807, 2.05) is 0 Å². The van der Waals surface area contributed by atoms with Crippen LogP contribution in [0.1, 0.15) is 0 Å². The number of nitrogens with one attached hydrogen (secondary N) is 1. The summed E-state index contributed by atoms with van der Waals surface area (Å²) in [6, 6.07) is 4.67. The van der Waals surface area contributed by atoms with Crippen molar-refractivity contribution in [2.24, 2.45) is 0 Å². The second kappa shape index (κ2) is 4.02. The minimum Gasteiger partial charge on any atom is -0.509 e. The monoisotopic (exact) mass is 183 g/mol. The van der Waals surface area contributed by atoms with Gasteiger partial charge in [0.1, 0.15) is 5.75 Å². The van der Waals surface area contributed by atoms with Crippen molar-refractivity contribution in [2.75, 3.05) is 12.4 Å². The average Bonchev–Trinajstić information content (AvgIpc) is 2.08. The van der Waals surface area contributed by atoms with Crippen molar-refractivity contribution in [3.8, 4) is 11.5 Å². The van der Waals surface area contributed by atoms with E-state index < -0.39 is 7.32 Å². The number of hydrogen-bond acceptors (Lipinski definition) is 5. The van der Waals surface area contributed by atoms with Crippen LogP contribution < -0.4 is 9.97 Å². The summed E-state index contributed by atoms with van der Waals surface area (Å²) in [6.07, 6.45) is 0. The van der Waals surface area contributed by atoms with E-state index in [2.05, 4.69) is 9.97 Å². The summed E-state index contributed by atoms with van der Waals surface area (Å²) < 4.78 is 4.51. The molecule has 70 valence electrons. The third-order valence-electron chi connectivity index (χ3n) is 1.50. The Hall–Kier alpha value is -1.40. The number of phenols is 1. The van der Waals surface area contributed by atoms with E-state index in [1.165, 1.54) is 6.07 Å². The Kier molecular flexibility index (Phi) is 3.00. The van der Waals surface area contributed by atoms with Gasteiger partial charge in [0.15, 0.2) is 5.75 Å². The molecule has 0 aliphatic carbocycles. The second-order valence-electron chi connectivity index (χ2n) is 2.35. The van der Waals surface area contributed by atoms with Gasteiger partial charge in [-0.2, -0.15) is 0 Å². The van der Waals surface area contributed by atoms with Gasteiger partial charge in [0.2, 0.25) is 0 Å². The van der Waals surface area contributed by atoms with Gasteiger partial charge in [-0.3, -0.25) is 0 Å². The SMILES string of the molecule is CNc1cccc(OB(O)O)c1O. The Morgan fingerprint density at radius 3 is 2.62 bits per heavy atom. The first kappa shape index (κ1) is 9.69. The molecule has 6 heteroatoms. The van der Waals surface area contributed by atoms with Gasteiger partial charge in [-0.05, 0) is 12.1 Å². The Labute approximate surface area is 75.8 Å². The number of aromatic hydroxyl groups is 1. The molecule has 4 N–H and O–H groups in total. The highest BCUT2D eigenvalue weighted by Gasteiger charge is 2.15. The number of anilines is 1. The predicted molar refractivity (Wildman–Crippen MR) is 48.5 cm³/mol. The van der Waals surface area contributed by atoms with Crippen LogP contribution in [0.15, 0.2) is 18.2 Å². The third-order valence-corrected chi connectivity index (χ3v) is 1.50. The van der Waals surface area contributed by atoms with Crippen LogP contribution in [0.25, 0.3) is 0 Å². The normalized spacial score (nSPS) is 9.46. The van der Waals surface area contributed by atoms with Crippen molar-refractivity contribution in [2.45, 2.75) is 0 Å². The van der Waals surface area contributed by atoms with Crippen LogP contribution in [-0.4, -0.2) is 29.5 Å². The lowest BCUT2D eigenvalue weighted by Gasteiger charge is -2.09. The summed E-state index contributed by atoms with van der Waals surface area (Å²) in [4.78, 5) is 0. The molecule has 0 spiro atoms. The summed E-state index contributed by atoms with van der Waals surface area (Å²) in [5, 5.41) is 29.1. The molecular formula is C7H10BNO4. The molecule has 0 aliphatic heterocycles. The fraction of sp³-hybridized carbons (Fsp3) is 0.143. The van der Waals surface area contributed by atoms with Crippen LogP contribution in [0.5, 0.6) is 11.5 Å². The summed E-state index contributed by atoms with van der Waals surface area (Å²) >= 11 is 0. The van der Waals surface area contributed by atoms with E-state index in [4.69, 9.17) is 10.0 Å². The number of para-hydroxylation sites is 1. The number of phenolic OH excluding ortho intramolecular Hbond substituents is 1. The smallest absolute Gasteiger partial charge is 0.509 e. The predicted octanol–water partition coefficient (Wildman–Crippen LogP) is -0.218. The first-order valence-electron chi connectivity index (χ1n) is 3.67. The molecule has 0 unspecified atom stereocenters. The highest BCUT2D eigenvalue weighted by molar-refractivity contribution is 6.33. The number of rotatable bonds is 3. The molecule has 0 aromatic heterocycles. The Bertz CT molecular complexity index is 292. The fourth-order valence-electron chi connectivity index (χ4n) is 0.933. The van der Waals surface area contributed by atoms with Crippen molar-refractivity contribution in [1.82, 2.24) is 0 Å². The van der Waals surface area contributed by atoms with Crippen LogP contribution in [0.4, 0.5) is 5.69 Å². The van der Waals surface area contributed by atoms with Crippen LogP contribution in [0.3, 0.4) is 0 Å². The minimum atomic E-state index is -1.93. The molecule has 0 saturated carbocycles. The first-order valence-corrected chi connectivity index (χ1v) is 3.67. The van der Waals surface area contributed by atoms with Crippen LogP contribution in [-0.2, 0) is 0 Å². The Morgan fingerprint density at radius 1 is 1.38 bits per heavy atom. The Balaban J connectivity index is 2.94. The molecule has 0 heterocycles. The van der Waals surface area contributed by atoms with Gasteiger partial charge in [0.25, 0.3) is 0 Å². The molecule has 0 fully saturated rings. The van der Waals surface area contributed by atoms with Gasteiger partial charge in [0, 0.05) is 7.05 Å². The van der Waals surface area contributed by atoms with E-state index in [0.29, 0.717) is 5.69 Å². The molecule has 0 radical (unpaired) electrons. The fourth-order valence-corrected chi connectivity index (χ4v) is 0.933. The minimum absolute atomic E-state index is 0.0156. The van der Waals surface area contributed by atoms with Gasteiger partial charge < -0.3 is 25.1 Å². The van der Waals surface area contributed by atoms with Crippen molar-refractivity contribution in [1.29, 1.82) is 0 Å². The number of hydrogen-bond donors (Lipinski definition) is 4. The zero-order valence-corrected chi connectivity index (χ0v) is 7.06. The molecule has 1 aromatic carbocycles. The summed E-state index contributed by atoms with van der Waals surface area (Å²) in [7, 11) is -0.299. The largest absolute Gasteiger partial charge is 0.707 e. The van der Waals surface area contributed by atoms with Crippen molar-refractivity contribution < 1.29 is 19.8 Å². The van der Waals surface area contributed by atoms with Gasteiger partial charge >= 0.3 is 7.32 Å². The van der Waals surface area contributed by atoms with Crippen molar-refractivity contribution in [3.05, 3.63) is 18.2 Å². The van der Waals surface area contributed by atoms with E-state index in [0.717, 1.165) is 0 Å². The standard InChI is InChI=1S/C7H10BNO4/c1-9-5-3-2-4-6(7(5)10)13-8(11)12/h2-4,9-12H,1H3. The molecule has 0 aliphatic rings. The van der Waals surface area contributed by atoms with Crippen molar-refractivity contribution in [3.63, 3.8) is 0 Å². The third kappa shape index (κ3) is 2.27. The van der Waals surface area contributed by atoms with Crippen molar-refractivity contribution >= 4 is 13.0 Å². The zero-order chi connectivity index (χ0) is 9.84. The van der Waals surface area contributed by atoms with E-state index in [-0.39, 0.29) is 11.5 Å². The summed E-state index contributed by atoms with van der Waals surface area (Å²) in [5.74, 6) is -0.139. The van der Waals surface area contributed by atoms with Crippen LogP contribution >= 0.6 is 0 Å². The van der Waals surface area contributed by atoms with E-state index >= 15 is 0 Å². The number of benzene rings is 1. The molecule has 13 heavy (non-hydrogen) atoms. The molecule has 0 atom stereocenters. The molecule has 0 amide bonds. The molecule has 1 aromatic rings. The van der Waals surface area contributed by atoms with Gasteiger partial charge in [-0.15, -0.1) is 0 Å². The molecular weight excluding hydrogens is 173 g/mol. The maximum Gasteiger partial charge on any atom is 0.707 e. The maximum absolute atomic E-state index is 9.43. The van der Waals surface area contributed by atoms with Crippen LogP contribution in [0.2, 0.25) is 0 Å². The maximum atomic E-state index is 9.43. The highest BCUT2D eigenvalue weighted by atomic mass is 16.6. The van der Waals surface area contributed by atoms with E-state index in [9.17, 15) is 5.11 Å². The molecule has 0 bridgehead atoms. The summed E-state index contributed by atoms with van der Waals surface area (Å²) in [5.41, 5.74) is 0.457. The van der Waals surface area contributed by atoms with Gasteiger partial charge in [-0.1, -0.05) is 6.07 Å². The quantitative estimate of drug-likeness (QED) is 0.384. The average molecular weight is 183 g/mol. The zero-order valence-electron chi connectivity index (χ0n) is 7.06. The molecule has 5 nitrogen and oxygen atoms in total. The second-order valence-corrected chi connectivity index (χ2v) is 2.35. The summed E-state index contributed by atoms with van der Waals surface area (Å²) in [6.45, 7) is 0. The molecule has 1 rings (SSSR count). The lowest BCUT2D eigenvalue weighted by molar-refractivity contribution is 0.281. The van der Waals surface area contributed by atoms with Gasteiger partial charge in [0.05, 0.1) is 5.69 Å². The lowest BCUT2D eigenvalue weighted by Crippen LogP contribution is -2.20. The van der Waals surface area contributed by atoms with Crippen LogP contribution in [0, 0.1) is 0 Å². The van der Waals surface area contributed by atoms with Gasteiger partial charge in [-0.25, -0.2) is 0 Å².